The van der Waals surface area contributed by atoms with Crippen molar-refractivity contribution in [1.82, 2.24) is 10.2 Å². The smallest absolute Gasteiger partial charge is 0.323 e. The predicted molar refractivity (Wildman–Crippen MR) is 75.4 cm³/mol. The Hall–Kier alpha value is -0.650. The Morgan fingerprint density at radius 1 is 1.47 bits per heavy atom. The fourth-order valence-electron chi connectivity index (χ4n) is 2.56. The van der Waals surface area contributed by atoms with Crippen molar-refractivity contribution < 1.29 is 14.6 Å². The number of carbonyl (C=O) groups is 1. The first-order valence-corrected chi connectivity index (χ1v) is 7.30. The molecule has 1 rings (SSSR count). The Balaban J connectivity index is 2.58. The van der Waals surface area contributed by atoms with Crippen LogP contribution in [0, 0.1) is 0 Å². The van der Waals surface area contributed by atoms with Crippen molar-refractivity contribution in [1.29, 1.82) is 0 Å². The van der Waals surface area contributed by atoms with E-state index in [0.717, 1.165) is 45.7 Å². The van der Waals surface area contributed by atoms with Crippen LogP contribution in [0.5, 0.6) is 0 Å². The van der Waals surface area contributed by atoms with Gasteiger partial charge in [-0.3, -0.25) is 9.69 Å². The fraction of sp³-hybridized carbons (Fsp3) is 0.929. The van der Waals surface area contributed by atoms with Gasteiger partial charge in [0, 0.05) is 25.7 Å². The van der Waals surface area contributed by atoms with E-state index in [-0.39, 0.29) is 6.04 Å². The van der Waals surface area contributed by atoms with E-state index < -0.39 is 11.5 Å². The molecule has 1 heterocycles. The van der Waals surface area contributed by atoms with Crippen LogP contribution in [0.15, 0.2) is 0 Å². The van der Waals surface area contributed by atoms with Gasteiger partial charge in [-0.2, -0.15) is 0 Å². The lowest BCUT2D eigenvalue weighted by Gasteiger charge is -2.34. The summed E-state index contributed by atoms with van der Waals surface area (Å²) < 4.78 is 5.44. The van der Waals surface area contributed by atoms with Crippen LogP contribution in [0.25, 0.3) is 0 Å². The molecular formula is C14H28N2O3. The van der Waals surface area contributed by atoms with Crippen LogP contribution in [0.3, 0.4) is 0 Å². The van der Waals surface area contributed by atoms with Crippen molar-refractivity contribution in [3.63, 3.8) is 0 Å². The summed E-state index contributed by atoms with van der Waals surface area (Å²) in [7, 11) is 0. The molecule has 0 bridgehead atoms. The lowest BCUT2D eigenvalue weighted by Crippen LogP contribution is -2.54. The summed E-state index contributed by atoms with van der Waals surface area (Å²) in [4.78, 5) is 13.8. The first-order valence-electron chi connectivity index (χ1n) is 7.30. The molecule has 1 fully saturated rings. The first kappa shape index (κ1) is 16.4. The summed E-state index contributed by atoms with van der Waals surface area (Å²) in [6, 6.07) is 0.243. The van der Waals surface area contributed by atoms with Crippen molar-refractivity contribution in [3.05, 3.63) is 0 Å². The van der Waals surface area contributed by atoms with E-state index in [4.69, 9.17) is 4.74 Å². The Morgan fingerprint density at radius 3 is 2.84 bits per heavy atom. The highest BCUT2D eigenvalue weighted by Crippen LogP contribution is 2.18. The van der Waals surface area contributed by atoms with E-state index in [9.17, 15) is 9.90 Å². The molecule has 19 heavy (non-hydrogen) atoms. The van der Waals surface area contributed by atoms with E-state index in [1.807, 2.05) is 6.92 Å². The molecule has 1 aliphatic rings. The van der Waals surface area contributed by atoms with Crippen molar-refractivity contribution in [2.75, 3.05) is 32.8 Å². The van der Waals surface area contributed by atoms with Crippen LogP contribution < -0.4 is 5.32 Å². The summed E-state index contributed by atoms with van der Waals surface area (Å²) >= 11 is 0. The molecule has 112 valence electrons. The molecule has 0 spiro atoms. The van der Waals surface area contributed by atoms with Gasteiger partial charge in [0.1, 0.15) is 5.54 Å². The van der Waals surface area contributed by atoms with Crippen LogP contribution in [-0.4, -0.2) is 60.4 Å². The second-order valence-electron chi connectivity index (χ2n) is 5.62. The van der Waals surface area contributed by atoms with Gasteiger partial charge < -0.3 is 15.2 Å². The molecule has 2 unspecified atom stereocenters. The van der Waals surface area contributed by atoms with Crippen LogP contribution >= 0.6 is 0 Å². The molecule has 1 aliphatic heterocycles. The second kappa shape index (κ2) is 7.82. The first-order chi connectivity index (χ1) is 8.99. The lowest BCUT2D eigenvalue weighted by molar-refractivity contribution is -0.145. The quantitative estimate of drug-likeness (QED) is 0.732. The van der Waals surface area contributed by atoms with E-state index in [0.29, 0.717) is 6.42 Å². The zero-order valence-corrected chi connectivity index (χ0v) is 12.4. The molecule has 0 saturated carbocycles. The number of carboxylic acids is 1. The van der Waals surface area contributed by atoms with Crippen LogP contribution in [0.2, 0.25) is 0 Å². The zero-order chi connectivity index (χ0) is 14.3. The highest BCUT2D eigenvalue weighted by Gasteiger charge is 2.35. The maximum absolute atomic E-state index is 11.5. The molecule has 0 aromatic carbocycles. The van der Waals surface area contributed by atoms with Gasteiger partial charge in [0.25, 0.3) is 0 Å². The Morgan fingerprint density at radius 2 is 2.21 bits per heavy atom. The van der Waals surface area contributed by atoms with E-state index in [1.54, 1.807) is 6.92 Å². The van der Waals surface area contributed by atoms with Gasteiger partial charge in [-0.05, 0) is 39.7 Å². The summed E-state index contributed by atoms with van der Waals surface area (Å²) in [5.41, 5.74) is -0.845. The molecule has 0 radical (unpaired) electrons. The topological polar surface area (TPSA) is 61.8 Å². The molecule has 0 aromatic heterocycles. The number of hydrogen-bond donors (Lipinski definition) is 2. The minimum absolute atomic E-state index is 0.243. The van der Waals surface area contributed by atoms with Crippen molar-refractivity contribution in [2.45, 2.75) is 51.6 Å². The third kappa shape index (κ3) is 5.09. The SMILES string of the molecule is CCCNC(C)(CC(C)N1CCCOCC1)C(=O)O. The van der Waals surface area contributed by atoms with Gasteiger partial charge in [0.15, 0.2) is 0 Å². The Bertz CT molecular complexity index is 278. The fourth-order valence-corrected chi connectivity index (χ4v) is 2.56. The standard InChI is InChI=1S/C14H28N2O3/c1-4-6-15-14(3,13(17)18)11-12(2)16-7-5-9-19-10-8-16/h12,15H,4-11H2,1-3H3,(H,17,18). The Kier molecular flexibility index (Phi) is 6.75. The maximum atomic E-state index is 11.5. The van der Waals surface area contributed by atoms with Crippen LogP contribution in [-0.2, 0) is 9.53 Å². The van der Waals surface area contributed by atoms with Gasteiger partial charge >= 0.3 is 5.97 Å². The third-order valence-corrected chi connectivity index (χ3v) is 3.82. The highest BCUT2D eigenvalue weighted by atomic mass is 16.5. The molecule has 0 aliphatic carbocycles. The van der Waals surface area contributed by atoms with Crippen molar-refractivity contribution >= 4 is 5.97 Å². The molecule has 0 amide bonds. The highest BCUT2D eigenvalue weighted by molar-refractivity contribution is 5.78. The largest absolute Gasteiger partial charge is 0.480 e. The number of aliphatic carboxylic acids is 1. The van der Waals surface area contributed by atoms with Crippen LogP contribution in [0.1, 0.15) is 40.0 Å². The summed E-state index contributed by atoms with van der Waals surface area (Å²) in [5, 5.41) is 12.6. The monoisotopic (exact) mass is 272 g/mol. The zero-order valence-electron chi connectivity index (χ0n) is 12.4. The molecule has 5 heteroatoms. The summed E-state index contributed by atoms with van der Waals surface area (Å²) in [5.74, 6) is -0.765. The van der Waals surface area contributed by atoms with Gasteiger partial charge in [-0.15, -0.1) is 0 Å². The molecule has 5 nitrogen and oxygen atoms in total. The molecule has 1 saturated heterocycles. The molecule has 2 atom stereocenters. The minimum Gasteiger partial charge on any atom is -0.480 e. The number of nitrogens with zero attached hydrogens (tertiary/aromatic N) is 1. The average molecular weight is 272 g/mol. The second-order valence-corrected chi connectivity index (χ2v) is 5.62. The third-order valence-electron chi connectivity index (χ3n) is 3.82. The summed E-state index contributed by atoms with van der Waals surface area (Å²) in [6.07, 6.45) is 2.58. The number of nitrogens with one attached hydrogen (secondary N) is 1. The van der Waals surface area contributed by atoms with Crippen molar-refractivity contribution in [3.8, 4) is 0 Å². The van der Waals surface area contributed by atoms with Crippen LogP contribution in [0.4, 0.5) is 0 Å². The van der Waals surface area contributed by atoms with Gasteiger partial charge in [-0.25, -0.2) is 0 Å². The number of ether oxygens (including phenoxy) is 1. The molecule has 2 N–H and O–H groups in total. The van der Waals surface area contributed by atoms with Gasteiger partial charge in [0.05, 0.1) is 6.61 Å². The lowest BCUT2D eigenvalue weighted by atomic mass is 9.92. The minimum atomic E-state index is -0.845. The summed E-state index contributed by atoms with van der Waals surface area (Å²) in [6.45, 7) is 10.1. The van der Waals surface area contributed by atoms with Gasteiger partial charge in [0.2, 0.25) is 0 Å². The number of carboxylic acid groups (broad SMARTS) is 1. The van der Waals surface area contributed by atoms with E-state index >= 15 is 0 Å². The predicted octanol–water partition coefficient (Wildman–Crippen LogP) is 1.33. The van der Waals surface area contributed by atoms with Crippen molar-refractivity contribution in [2.24, 2.45) is 0 Å². The van der Waals surface area contributed by atoms with E-state index in [1.165, 1.54) is 0 Å². The maximum Gasteiger partial charge on any atom is 0.323 e. The van der Waals surface area contributed by atoms with Gasteiger partial charge in [-0.1, -0.05) is 6.92 Å². The number of hydrogen-bond acceptors (Lipinski definition) is 4. The molecular weight excluding hydrogens is 244 g/mol. The average Bonchev–Trinajstić information content (AvgIpc) is 2.65. The van der Waals surface area contributed by atoms with E-state index in [2.05, 4.69) is 17.1 Å². The number of rotatable bonds is 7. The molecule has 0 aromatic rings. The normalized spacial score (nSPS) is 22.5. The Labute approximate surface area is 116 Å².